The number of hydrogen-bond donors (Lipinski definition) is 3. The van der Waals surface area contributed by atoms with Gasteiger partial charge in [-0.1, -0.05) is 35.3 Å². The van der Waals surface area contributed by atoms with Gasteiger partial charge in [-0.15, -0.1) is 0 Å². The number of benzene rings is 1. The predicted octanol–water partition coefficient (Wildman–Crippen LogP) is 4.24. The van der Waals surface area contributed by atoms with E-state index in [0.717, 1.165) is 25.2 Å². The van der Waals surface area contributed by atoms with Crippen LogP contribution in [-0.4, -0.2) is 39.5 Å². The maximum atomic E-state index is 12.5. The number of aliphatic carboxylic acids is 1. The lowest BCUT2D eigenvalue weighted by molar-refractivity contribution is -0.139. The van der Waals surface area contributed by atoms with Crippen LogP contribution in [0.1, 0.15) is 34.9 Å². The molecule has 2 heterocycles. The van der Waals surface area contributed by atoms with Crippen LogP contribution in [0.4, 0.5) is 5.82 Å². The summed E-state index contributed by atoms with van der Waals surface area (Å²) >= 11 is 12.1. The van der Waals surface area contributed by atoms with Crippen molar-refractivity contribution in [3.05, 3.63) is 76.1 Å². The molecule has 168 valence electrons. The first-order valence-corrected chi connectivity index (χ1v) is 10.8. The summed E-state index contributed by atoms with van der Waals surface area (Å²) in [6.07, 6.45) is 5.62. The van der Waals surface area contributed by atoms with Crippen LogP contribution in [0.2, 0.25) is 10.0 Å². The lowest BCUT2D eigenvalue weighted by Gasteiger charge is -2.14. The molecule has 0 bridgehead atoms. The van der Waals surface area contributed by atoms with E-state index in [4.69, 9.17) is 27.6 Å². The molecule has 10 heteroatoms. The Labute approximate surface area is 195 Å². The molecule has 3 N–H and O–H groups in total. The fourth-order valence-corrected chi connectivity index (χ4v) is 3.55. The van der Waals surface area contributed by atoms with Crippen molar-refractivity contribution in [2.24, 2.45) is 0 Å². The minimum Gasteiger partial charge on any atom is -0.480 e. The zero-order valence-electron chi connectivity index (χ0n) is 17.1. The van der Waals surface area contributed by atoms with Crippen LogP contribution in [0.25, 0.3) is 0 Å². The third-order valence-electron chi connectivity index (χ3n) is 4.59. The SMILES string of the molecule is O=C(N[C@@H](Cc1ncc(CCCCNc2ccccn2)o1)C(=O)O)c1c(Cl)cccc1Cl. The molecule has 1 atom stereocenters. The Bertz CT molecular complexity index is 1040. The molecule has 8 nitrogen and oxygen atoms in total. The topological polar surface area (TPSA) is 117 Å². The van der Waals surface area contributed by atoms with Crippen molar-refractivity contribution >= 4 is 40.9 Å². The molecule has 0 spiro atoms. The summed E-state index contributed by atoms with van der Waals surface area (Å²) in [5.41, 5.74) is 0.0227. The number of carboxylic acids is 1. The maximum absolute atomic E-state index is 12.5. The van der Waals surface area contributed by atoms with Crippen molar-refractivity contribution < 1.29 is 19.1 Å². The van der Waals surface area contributed by atoms with E-state index >= 15 is 0 Å². The fraction of sp³-hybridized carbons (Fsp3) is 0.273. The normalized spacial score (nSPS) is 11.7. The number of aromatic nitrogens is 2. The maximum Gasteiger partial charge on any atom is 0.326 e. The zero-order valence-corrected chi connectivity index (χ0v) is 18.6. The second-order valence-corrected chi connectivity index (χ2v) is 7.80. The summed E-state index contributed by atoms with van der Waals surface area (Å²) in [7, 11) is 0. The van der Waals surface area contributed by atoms with Gasteiger partial charge in [0.2, 0.25) is 0 Å². The molecule has 0 radical (unpaired) electrons. The second kappa shape index (κ2) is 11.5. The first-order valence-electron chi connectivity index (χ1n) is 10.00. The highest BCUT2D eigenvalue weighted by Gasteiger charge is 2.25. The van der Waals surface area contributed by atoms with E-state index in [0.29, 0.717) is 12.2 Å². The number of carbonyl (C=O) groups excluding carboxylic acids is 1. The molecule has 0 saturated heterocycles. The van der Waals surface area contributed by atoms with Crippen molar-refractivity contribution in [2.45, 2.75) is 31.7 Å². The molecule has 2 aromatic heterocycles. The number of rotatable bonds is 11. The van der Waals surface area contributed by atoms with Gasteiger partial charge in [0, 0.05) is 19.2 Å². The van der Waals surface area contributed by atoms with Gasteiger partial charge in [-0.25, -0.2) is 14.8 Å². The average Bonchev–Trinajstić information content (AvgIpc) is 3.21. The molecule has 0 saturated carbocycles. The number of nitrogens with one attached hydrogen (secondary N) is 2. The quantitative estimate of drug-likeness (QED) is 0.354. The number of oxazole rings is 1. The van der Waals surface area contributed by atoms with Gasteiger partial charge in [0.15, 0.2) is 5.89 Å². The molecule has 0 fully saturated rings. The Balaban J connectivity index is 1.49. The summed E-state index contributed by atoms with van der Waals surface area (Å²) < 4.78 is 5.65. The number of halogens is 2. The van der Waals surface area contributed by atoms with Crippen LogP contribution in [0, 0.1) is 0 Å². The Hall–Kier alpha value is -3.10. The van der Waals surface area contributed by atoms with Gasteiger partial charge in [-0.3, -0.25) is 4.79 Å². The van der Waals surface area contributed by atoms with Crippen LogP contribution in [0.5, 0.6) is 0 Å². The second-order valence-electron chi connectivity index (χ2n) is 6.98. The van der Waals surface area contributed by atoms with Gasteiger partial charge < -0.3 is 20.2 Å². The van der Waals surface area contributed by atoms with E-state index in [-0.39, 0.29) is 27.9 Å². The largest absolute Gasteiger partial charge is 0.480 e. The number of carbonyl (C=O) groups is 2. The van der Waals surface area contributed by atoms with Crippen molar-refractivity contribution in [3.8, 4) is 0 Å². The molecule has 3 rings (SSSR count). The van der Waals surface area contributed by atoms with Crippen molar-refractivity contribution in [3.63, 3.8) is 0 Å². The molecule has 0 aliphatic rings. The van der Waals surface area contributed by atoms with Gasteiger partial charge in [0.25, 0.3) is 5.91 Å². The van der Waals surface area contributed by atoms with Crippen molar-refractivity contribution in [2.75, 3.05) is 11.9 Å². The summed E-state index contributed by atoms with van der Waals surface area (Å²) in [4.78, 5) is 32.5. The number of nitrogens with zero attached hydrogens (tertiary/aromatic N) is 2. The third-order valence-corrected chi connectivity index (χ3v) is 5.22. The number of pyridine rings is 1. The summed E-state index contributed by atoms with van der Waals surface area (Å²) in [6, 6.07) is 9.04. The smallest absolute Gasteiger partial charge is 0.326 e. The Kier molecular flexibility index (Phi) is 8.47. The average molecular weight is 477 g/mol. The number of unbranched alkanes of at least 4 members (excludes halogenated alkanes) is 1. The van der Waals surface area contributed by atoms with Crippen LogP contribution in [0.15, 0.2) is 53.2 Å². The first kappa shape index (κ1) is 23.6. The molecule has 1 amide bonds. The minimum atomic E-state index is -1.25. The van der Waals surface area contributed by atoms with Crippen LogP contribution < -0.4 is 10.6 Å². The predicted molar refractivity (Wildman–Crippen MR) is 121 cm³/mol. The Morgan fingerprint density at radius 1 is 1.06 bits per heavy atom. The highest BCUT2D eigenvalue weighted by molar-refractivity contribution is 6.39. The number of aryl methyl sites for hydroxylation is 1. The third kappa shape index (κ3) is 6.70. The van der Waals surface area contributed by atoms with Gasteiger partial charge in [-0.05, 0) is 37.1 Å². The molecular formula is C22H22Cl2N4O4. The van der Waals surface area contributed by atoms with E-state index in [1.54, 1.807) is 18.5 Å². The van der Waals surface area contributed by atoms with Crippen molar-refractivity contribution in [1.82, 2.24) is 15.3 Å². The highest BCUT2D eigenvalue weighted by Crippen LogP contribution is 2.24. The van der Waals surface area contributed by atoms with E-state index in [2.05, 4.69) is 20.6 Å². The number of anilines is 1. The van der Waals surface area contributed by atoms with E-state index < -0.39 is 17.9 Å². The minimum absolute atomic E-state index is 0.0227. The Morgan fingerprint density at radius 3 is 2.53 bits per heavy atom. The van der Waals surface area contributed by atoms with Gasteiger partial charge >= 0.3 is 5.97 Å². The lowest BCUT2D eigenvalue weighted by Crippen LogP contribution is -2.42. The summed E-state index contributed by atoms with van der Waals surface area (Å²) in [5.74, 6) is -0.191. The monoisotopic (exact) mass is 476 g/mol. The molecule has 1 aromatic carbocycles. The fourth-order valence-electron chi connectivity index (χ4n) is 2.99. The molecule has 32 heavy (non-hydrogen) atoms. The Morgan fingerprint density at radius 2 is 1.84 bits per heavy atom. The van der Waals surface area contributed by atoms with E-state index in [1.165, 1.54) is 12.1 Å². The van der Waals surface area contributed by atoms with Gasteiger partial charge in [-0.2, -0.15) is 0 Å². The summed E-state index contributed by atoms with van der Waals surface area (Å²) in [6.45, 7) is 0.774. The first-order chi connectivity index (χ1) is 15.4. The standard InChI is InChI=1S/C22H22Cl2N4O4/c23-15-7-5-8-16(24)20(15)21(29)28-17(22(30)31)12-19-27-13-14(32-19)6-1-3-10-25-18-9-2-4-11-26-18/h2,4-5,7-9,11,13,17H,1,3,6,10,12H2,(H,25,26)(H,28,29)(H,30,31)/t17-/m0/s1. The number of hydrogen-bond acceptors (Lipinski definition) is 6. The highest BCUT2D eigenvalue weighted by atomic mass is 35.5. The number of amides is 1. The van der Waals surface area contributed by atoms with Crippen LogP contribution in [0.3, 0.4) is 0 Å². The van der Waals surface area contributed by atoms with E-state index in [1.807, 2.05) is 18.2 Å². The molecule has 3 aromatic rings. The van der Waals surface area contributed by atoms with Crippen LogP contribution >= 0.6 is 23.2 Å². The molecule has 0 aliphatic heterocycles. The lowest BCUT2D eigenvalue weighted by atomic mass is 10.1. The van der Waals surface area contributed by atoms with Crippen LogP contribution in [-0.2, 0) is 17.6 Å². The van der Waals surface area contributed by atoms with E-state index in [9.17, 15) is 14.7 Å². The van der Waals surface area contributed by atoms with Gasteiger partial charge in [0.1, 0.15) is 17.6 Å². The molecule has 0 unspecified atom stereocenters. The number of carboxylic acid groups (broad SMARTS) is 1. The molecular weight excluding hydrogens is 455 g/mol. The van der Waals surface area contributed by atoms with Gasteiger partial charge in [0.05, 0.1) is 28.2 Å². The summed E-state index contributed by atoms with van der Waals surface area (Å²) in [5, 5.41) is 15.4. The van der Waals surface area contributed by atoms with Crippen molar-refractivity contribution in [1.29, 1.82) is 0 Å². The molecule has 0 aliphatic carbocycles. The zero-order chi connectivity index (χ0) is 22.9.